The highest BCUT2D eigenvalue weighted by Gasteiger charge is 2.20. The smallest absolute Gasteiger partial charge is 0.0995 e. The third-order valence-corrected chi connectivity index (χ3v) is 3.25. The van der Waals surface area contributed by atoms with Crippen LogP contribution in [0.1, 0.15) is 24.0 Å². The van der Waals surface area contributed by atoms with Gasteiger partial charge in [-0.25, -0.2) is 0 Å². The van der Waals surface area contributed by atoms with Crippen molar-refractivity contribution in [3.63, 3.8) is 0 Å². The lowest BCUT2D eigenvalue weighted by Crippen LogP contribution is -2.23. The highest BCUT2D eigenvalue weighted by molar-refractivity contribution is 5.37. The molecule has 3 heteroatoms. The lowest BCUT2D eigenvalue weighted by Gasteiger charge is -2.17. The Labute approximate surface area is 109 Å². The standard InChI is InChI=1S/C15H20N2O/c1-17(8-9-18-12-13-6-7-13)11-15-5-3-2-4-14(15)10-16/h2-5,13H,6-9,11-12H2,1H3. The molecule has 0 N–H and O–H groups in total. The molecule has 0 amide bonds. The quantitative estimate of drug-likeness (QED) is 0.691. The van der Waals surface area contributed by atoms with Crippen molar-refractivity contribution in [2.75, 3.05) is 26.8 Å². The molecule has 0 bridgehead atoms. The third-order valence-electron chi connectivity index (χ3n) is 3.25. The summed E-state index contributed by atoms with van der Waals surface area (Å²) >= 11 is 0. The van der Waals surface area contributed by atoms with Crippen molar-refractivity contribution in [2.24, 2.45) is 5.92 Å². The molecule has 1 fully saturated rings. The van der Waals surface area contributed by atoms with Crippen molar-refractivity contribution in [3.05, 3.63) is 35.4 Å². The van der Waals surface area contributed by atoms with E-state index in [0.29, 0.717) is 0 Å². The van der Waals surface area contributed by atoms with E-state index in [-0.39, 0.29) is 0 Å². The van der Waals surface area contributed by atoms with Gasteiger partial charge in [0.2, 0.25) is 0 Å². The second kappa shape index (κ2) is 6.53. The van der Waals surface area contributed by atoms with Gasteiger partial charge < -0.3 is 4.74 Å². The number of likely N-dealkylation sites (N-methyl/N-ethyl adjacent to an activating group) is 1. The summed E-state index contributed by atoms with van der Waals surface area (Å²) in [5, 5.41) is 9.02. The minimum absolute atomic E-state index is 0.767. The summed E-state index contributed by atoms with van der Waals surface area (Å²) in [6.07, 6.45) is 2.68. The maximum absolute atomic E-state index is 9.02. The maximum atomic E-state index is 9.02. The number of ether oxygens (including phenoxy) is 1. The number of hydrogen-bond donors (Lipinski definition) is 0. The zero-order valence-corrected chi connectivity index (χ0v) is 10.9. The van der Waals surface area contributed by atoms with E-state index in [4.69, 9.17) is 10.00 Å². The Morgan fingerprint density at radius 2 is 2.17 bits per heavy atom. The predicted octanol–water partition coefficient (Wildman–Crippen LogP) is 2.42. The fourth-order valence-corrected chi connectivity index (χ4v) is 1.89. The minimum atomic E-state index is 0.767. The van der Waals surface area contributed by atoms with E-state index in [1.807, 2.05) is 24.3 Å². The molecular formula is C15H20N2O. The first-order valence-electron chi connectivity index (χ1n) is 6.54. The molecule has 0 saturated heterocycles. The number of nitrogens with zero attached hydrogens (tertiary/aromatic N) is 2. The van der Waals surface area contributed by atoms with Crippen molar-refractivity contribution in [2.45, 2.75) is 19.4 Å². The molecule has 1 aliphatic rings. The first-order chi connectivity index (χ1) is 8.79. The van der Waals surface area contributed by atoms with E-state index in [1.165, 1.54) is 12.8 Å². The average molecular weight is 244 g/mol. The first kappa shape index (κ1) is 13.1. The van der Waals surface area contributed by atoms with Gasteiger partial charge in [-0.05, 0) is 37.4 Å². The third kappa shape index (κ3) is 4.14. The summed E-state index contributed by atoms with van der Waals surface area (Å²) in [6, 6.07) is 10.00. The van der Waals surface area contributed by atoms with Crippen LogP contribution in [0.3, 0.4) is 0 Å². The Morgan fingerprint density at radius 3 is 2.89 bits per heavy atom. The maximum Gasteiger partial charge on any atom is 0.0995 e. The zero-order valence-electron chi connectivity index (χ0n) is 10.9. The van der Waals surface area contributed by atoms with Gasteiger partial charge in [-0.3, -0.25) is 4.90 Å². The summed E-state index contributed by atoms with van der Waals surface area (Å²) in [6.45, 7) is 3.41. The number of nitriles is 1. The molecule has 0 unspecified atom stereocenters. The molecular weight excluding hydrogens is 224 g/mol. The Kier molecular flexibility index (Phi) is 4.74. The highest BCUT2D eigenvalue weighted by atomic mass is 16.5. The van der Waals surface area contributed by atoms with Gasteiger partial charge in [-0.2, -0.15) is 5.26 Å². The van der Waals surface area contributed by atoms with E-state index in [1.54, 1.807) is 0 Å². The van der Waals surface area contributed by atoms with Crippen LogP contribution in [0.2, 0.25) is 0 Å². The van der Waals surface area contributed by atoms with Crippen LogP contribution in [0.25, 0.3) is 0 Å². The molecule has 0 spiro atoms. The van der Waals surface area contributed by atoms with Crippen LogP contribution < -0.4 is 0 Å². The van der Waals surface area contributed by atoms with Crippen LogP contribution >= 0.6 is 0 Å². The molecule has 2 rings (SSSR count). The molecule has 1 aromatic rings. The van der Waals surface area contributed by atoms with Crippen molar-refractivity contribution in [1.29, 1.82) is 5.26 Å². The number of rotatable bonds is 7. The van der Waals surface area contributed by atoms with Crippen LogP contribution in [0.15, 0.2) is 24.3 Å². The van der Waals surface area contributed by atoms with Gasteiger partial charge in [0.15, 0.2) is 0 Å². The lowest BCUT2D eigenvalue weighted by molar-refractivity contribution is 0.102. The molecule has 0 aliphatic heterocycles. The minimum Gasteiger partial charge on any atom is -0.380 e. The zero-order chi connectivity index (χ0) is 12.8. The molecule has 96 valence electrons. The van der Waals surface area contributed by atoms with Crippen LogP contribution in [0.4, 0.5) is 0 Å². The van der Waals surface area contributed by atoms with Crippen LogP contribution in [-0.2, 0) is 11.3 Å². The van der Waals surface area contributed by atoms with E-state index in [0.717, 1.165) is 43.3 Å². The fourth-order valence-electron chi connectivity index (χ4n) is 1.89. The van der Waals surface area contributed by atoms with Crippen LogP contribution in [0.5, 0.6) is 0 Å². The summed E-state index contributed by atoms with van der Waals surface area (Å²) in [5.41, 5.74) is 1.85. The van der Waals surface area contributed by atoms with Gasteiger partial charge in [-0.1, -0.05) is 18.2 Å². The molecule has 0 heterocycles. The number of hydrogen-bond acceptors (Lipinski definition) is 3. The topological polar surface area (TPSA) is 36.3 Å². The molecule has 18 heavy (non-hydrogen) atoms. The SMILES string of the molecule is CN(CCOCC1CC1)Cc1ccccc1C#N. The Balaban J connectivity index is 1.72. The van der Waals surface area contributed by atoms with Crippen LogP contribution in [-0.4, -0.2) is 31.7 Å². The predicted molar refractivity (Wildman–Crippen MR) is 71.0 cm³/mol. The van der Waals surface area contributed by atoms with Crippen LogP contribution in [0, 0.1) is 17.2 Å². The van der Waals surface area contributed by atoms with Crippen molar-refractivity contribution >= 4 is 0 Å². The van der Waals surface area contributed by atoms with Gasteiger partial charge in [0, 0.05) is 19.7 Å². The molecule has 1 aromatic carbocycles. The second-order valence-corrected chi connectivity index (χ2v) is 5.03. The molecule has 1 saturated carbocycles. The first-order valence-corrected chi connectivity index (χ1v) is 6.54. The second-order valence-electron chi connectivity index (χ2n) is 5.03. The molecule has 0 radical (unpaired) electrons. The Morgan fingerprint density at radius 1 is 1.39 bits per heavy atom. The molecule has 3 nitrogen and oxygen atoms in total. The van der Waals surface area contributed by atoms with E-state index in [9.17, 15) is 0 Å². The molecule has 1 aliphatic carbocycles. The van der Waals surface area contributed by atoms with Gasteiger partial charge in [0.25, 0.3) is 0 Å². The Bertz CT molecular complexity index is 421. The average Bonchev–Trinajstić information content (AvgIpc) is 3.19. The molecule has 0 atom stereocenters. The highest BCUT2D eigenvalue weighted by Crippen LogP contribution is 2.28. The number of benzene rings is 1. The van der Waals surface area contributed by atoms with Gasteiger partial charge >= 0.3 is 0 Å². The van der Waals surface area contributed by atoms with Gasteiger partial charge in [0.05, 0.1) is 18.2 Å². The monoisotopic (exact) mass is 244 g/mol. The van der Waals surface area contributed by atoms with Gasteiger partial charge in [0.1, 0.15) is 0 Å². The summed E-state index contributed by atoms with van der Waals surface area (Å²) in [5.74, 6) is 0.828. The van der Waals surface area contributed by atoms with Crippen molar-refractivity contribution < 1.29 is 4.74 Å². The summed E-state index contributed by atoms with van der Waals surface area (Å²) in [4.78, 5) is 2.20. The van der Waals surface area contributed by atoms with E-state index in [2.05, 4.69) is 18.0 Å². The van der Waals surface area contributed by atoms with E-state index < -0.39 is 0 Å². The Hall–Kier alpha value is -1.37. The largest absolute Gasteiger partial charge is 0.380 e. The summed E-state index contributed by atoms with van der Waals surface area (Å²) < 4.78 is 5.62. The van der Waals surface area contributed by atoms with Crippen molar-refractivity contribution in [1.82, 2.24) is 4.90 Å². The molecule has 0 aromatic heterocycles. The lowest BCUT2D eigenvalue weighted by atomic mass is 10.1. The van der Waals surface area contributed by atoms with E-state index >= 15 is 0 Å². The fraction of sp³-hybridized carbons (Fsp3) is 0.533. The van der Waals surface area contributed by atoms with Gasteiger partial charge in [-0.15, -0.1) is 0 Å². The van der Waals surface area contributed by atoms with Crippen molar-refractivity contribution in [3.8, 4) is 6.07 Å². The summed E-state index contributed by atoms with van der Waals surface area (Å²) in [7, 11) is 2.06. The normalized spacial score (nSPS) is 14.7.